The van der Waals surface area contributed by atoms with Crippen LogP contribution >= 0.6 is 0 Å². The average molecular weight is 406 g/mol. The van der Waals surface area contributed by atoms with Crippen LogP contribution in [0, 0.1) is 5.92 Å². The highest BCUT2D eigenvalue weighted by molar-refractivity contribution is 5.94. The second-order valence-electron chi connectivity index (χ2n) is 7.74. The van der Waals surface area contributed by atoms with Gasteiger partial charge in [-0.3, -0.25) is 19.1 Å². The molecule has 0 bridgehead atoms. The fourth-order valence-electron chi connectivity index (χ4n) is 3.65. The minimum absolute atomic E-state index is 0.0452. The molecule has 6 nitrogen and oxygen atoms in total. The van der Waals surface area contributed by atoms with Crippen LogP contribution in [0.5, 0.6) is 0 Å². The van der Waals surface area contributed by atoms with E-state index in [1.54, 1.807) is 21.9 Å². The number of nitrogens with zero attached hydrogens (tertiary/aromatic N) is 4. The topological polar surface area (TPSA) is 68.1 Å². The van der Waals surface area contributed by atoms with Gasteiger partial charge in [-0.15, -0.1) is 0 Å². The van der Waals surface area contributed by atoms with Crippen molar-refractivity contribution in [2.45, 2.75) is 44.3 Å². The van der Waals surface area contributed by atoms with Gasteiger partial charge in [-0.05, 0) is 43.7 Å². The Morgan fingerprint density at radius 2 is 1.83 bits per heavy atom. The van der Waals surface area contributed by atoms with E-state index in [0.29, 0.717) is 25.6 Å². The van der Waals surface area contributed by atoms with Gasteiger partial charge in [0.2, 0.25) is 0 Å². The second kappa shape index (κ2) is 7.61. The third-order valence-electron chi connectivity index (χ3n) is 5.55. The van der Waals surface area contributed by atoms with Crippen LogP contribution in [0.3, 0.4) is 0 Å². The molecular weight excluding hydrogens is 385 g/mol. The Bertz CT molecular complexity index is 943. The number of alkyl halides is 3. The molecule has 3 heterocycles. The number of rotatable bonds is 4. The van der Waals surface area contributed by atoms with Gasteiger partial charge in [0, 0.05) is 37.8 Å². The van der Waals surface area contributed by atoms with Crippen molar-refractivity contribution in [2.24, 2.45) is 5.92 Å². The van der Waals surface area contributed by atoms with Crippen molar-refractivity contribution in [3.63, 3.8) is 0 Å². The average Bonchev–Trinajstić information content (AvgIpc) is 3.54. The predicted octanol–water partition coefficient (Wildman–Crippen LogP) is 3.09. The number of aromatic nitrogens is 3. The molecule has 4 rings (SSSR count). The third kappa shape index (κ3) is 4.49. The number of piperidine rings is 1. The fourth-order valence-corrected chi connectivity index (χ4v) is 3.65. The Morgan fingerprint density at radius 3 is 2.38 bits per heavy atom. The van der Waals surface area contributed by atoms with Gasteiger partial charge in [-0.1, -0.05) is 0 Å². The van der Waals surface area contributed by atoms with Crippen molar-refractivity contribution in [1.29, 1.82) is 0 Å². The zero-order valence-electron chi connectivity index (χ0n) is 15.7. The maximum Gasteiger partial charge on any atom is 0.433 e. The summed E-state index contributed by atoms with van der Waals surface area (Å²) >= 11 is 0. The summed E-state index contributed by atoms with van der Waals surface area (Å²) in [6.07, 6.45) is 1.69. The Hall–Kier alpha value is -2.71. The number of halogens is 3. The van der Waals surface area contributed by atoms with Crippen molar-refractivity contribution in [1.82, 2.24) is 19.4 Å². The first-order valence-corrected chi connectivity index (χ1v) is 9.70. The summed E-state index contributed by atoms with van der Waals surface area (Å²) in [6, 6.07) is 3.61. The first kappa shape index (κ1) is 19.6. The lowest BCUT2D eigenvalue weighted by atomic mass is 9.96. The molecule has 0 unspecified atom stereocenters. The number of likely N-dealkylation sites (tertiary alicyclic amines) is 1. The molecule has 2 aliphatic rings. The second-order valence-corrected chi connectivity index (χ2v) is 7.74. The molecular formula is C20H21F3N4O2. The lowest BCUT2D eigenvalue weighted by Gasteiger charge is -2.32. The first-order valence-electron chi connectivity index (χ1n) is 9.70. The van der Waals surface area contributed by atoms with E-state index in [9.17, 15) is 22.8 Å². The molecule has 1 saturated carbocycles. The van der Waals surface area contributed by atoms with Gasteiger partial charge in [-0.2, -0.15) is 13.2 Å². The lowest BCUT2D eigenvalue weighted by molar-refractivity contribution is -0.141. The molecule has 9 heteroatoms. The Kier molecular flexibility index (Phi) is 5.14. The van der Waals surface area contributed by atoms with Gasteiger partial charge >= 0.3 is 6.18 Å². The molecule has 1 aliphatic heterocycles. The highest BCUT2D eigenvalue weighted by Crippen LogP contribution is 2.38. The quantitative estimate of drug-likeness (QED) is 0.783. The molecule has 2 aromatic rings. The van der Waals surface area contributed by atoms with Gasteiger partial charge in [0.15, 0.2) is 0 Å². The number of amides is 1. The fraction of sp³-hybridized carbons (Fsp3) is 0.500. The van der Waals surface area contributed by atoms with Crippen molar-refractivity contribution < 1.29 is 18.0 Å². The van der Waals surface area contributed by atoms with E-state index in [2.05, 4.69) is 9.97 Å². The molecule has 0 atom stereocenters. The van der Waals surface area contributed by atoms with E-state index in [-0.39, 0.29) is 22.9 Å². The zero-order chi connectivity index (χ0) is 20.6. The van der Waals surface area contributed by atoms with Gasteiger partial charge in [-0.25, -0.2) is 4.98 Å². The highest BCUT2D eigenvalue weighted by atomic mass is 19.4. The first-order chi connectivity index (χ1) is 13.8. The van der Waals surface area contributed by atoms with Crippen LogP contribution in [-0.2, 0) is 12.7 Å². The summed E-state index contributed by atoms with van der Waals surface area (Å²) in [6.45, 7) is 1.54. The van der Waals surface area contributed by atoms with Crippen LogP contribution in [0.4, 0.5) is 13.2 Å². The molecule has 1 saturated heterocycles. The molecule has 2 fully saturated rings. The summed E-state index contributed by atoms with van der Waals surface area (Å²) in [5.41, 5.74) is -0.0416. The molecule has 0 N–H and O–H groups in total. The molecule has 1 amide bonds. The van der Waals surface area contributed by atoms with Crippen molar-refractivity contribution in [3.05, 3.63) is 58.0 Å². The minimum Gasteiger partial charge on any atom is -0.339 e. The largest absolute Gasteiger partial charge is 0.433 e. The molecule has 2 aromatic heterocycles. The van der Waals surface area contributed by atoms with Crippen LogP contribution in [0.15, 0.2) is 35.5 Å². The molecule has 29 heavy (non-hydrogen) atoms. The number of hydrogen-bond acceptors (Lipinski definition) is 4. The molecule has 0 spiro atoms. The van der Waals surface area contributed by atoms with E-state index < -0.39 is 11.9 Å². The van der Waals surface area contributed by atoms with Gasteiger partial charge in [0.1, 0.15) is 5.69 Å². The normalized spacial score (nSPS) is 18.1. The van der Waals surface area contributed by atoms with Gasteiger partial charge in [0.05, 0.1) is 17.6 Å². The zero-order valence-corrected chi connectivity index (χ0v) is 15.7. The van der Waals surface area contributed by atoms with E-state index in [1.807, 2.05) is 0 Å². The smallest absolute Gasteiger partial charge is 0.339 e. The molecule has 154 valence electrons. The van der Waals surface area contributed by atoms with Crippen LogP contribution < -0.4 is 5.56 Å². The number of pyridine rings is 1. The van der Waals surface area contributed by atoms with Crippen LogP contribution in [0.25, 0.3) is 0 Å². The predicted molar refractivity (Wildman–Crippen MR) is 98.3 cm³/mol. The van der Waals surface area contributed by atoms with Crippen LogP contribution in [0.2, 0.25) is 0 Å². The minimum atomic E-state index is -4.52. The van der Waals surface area contributed by atoms with E-state index >= 15 is 0 Å². The standard InChI is InChI=1S/C20H21F3N4O2/c21-20(22,23)17-4-3-15(10-24-17)19(29)26-7-5-13(6-8-26)11-27-12-25-16(9-18(27)28)14-1-2-14/h3-4,9-10,12-14H,1-2,5-8,11H2. The number of carbonyl (C=O) groups excluding carboxylic acids is 1. The summed E-state index contributed by atoms with van der Waals surface area (Å²) in [5, 5.41) is 0. The monoisotopic (exact) mass is 406 g/mol. The van der Waals surface area contributed by atoms with Crippen molar-refractivity contribution in [3.8, 4) is 0 Å². The lowest BCUT2D eigenvalue weighted by Crippen LogP contribution is -2.40. The van der Waals surface area contributed by atoms with Crippen LogP contribution in [-0.4, -0.2) is 38.4 Å². The number of hydrogen-bond donors (Lipinski definition) is 0. The SMILES string of the molecule is O=C(c1ccc(C(F)(F)F)nc1)N1CCC(Cn2cnc(C3CC3)cc2=O)CC1. The third-order valence-corrected chi connectivity index (χ3v) is 5.55. The molecule has 0 aromatic carbocycles. The maximum atomic E-state index is 12.6. The summed E-state index contributed by atoms with van der Waals surface area (Å²) < 4.78 is 39.4. The summed E-state index contributed by atoms with van der Waals surface area (Å²) in [5.74, 6) is 0.361. The number of carbonyl (C=O) groups is 1. The van der Waals surface area contributed by atoms with Crippen molar-refractivity contribution >= 4 is 5.91 Å². The Morgan fingerprint density at radius 1 is 1.10 bits per heavy atom. The molecule has 0 radical (unpaired) electrons. The maximum absolute atomic E-state index is 12.6. The molecule has 1 aliphatic carbocycles. The van der Waals surface area contributed by atoms with Crippen LogP contribution in [0.1, 0.15) is 53.3 Å². The summed E-state index contributed by atoms with van der Waals surface area (Å²) in [7, 11) is 0. The Labute approximate surface area is 165 Å². The summed E-state index contributed by atoms with van der Waals surface area (Å²) in [4.78, 5) is 34.2. The van der Waals surface area contributed by atoms with Gasteiger partial charge in [0.25, 0.3) is 11.5 Å². The van der Waals surface area contributed by atoms with E-state index in [4.69, 9.17) is 0 Å². The van der Waals surface area contributed by atoms with Gasteiger partial charge < -0.3 is 4.90 Å². The van der Waals surface area contributed by atoms with E-state index in [0.717, 1.165) is 49.7 Å². The highest BCUT2D eigenvalue weighted by Gasteiger charge is 2.33. The van der Waals surface area contributed by atoms with Crippen molar-refractivity contribution in [2.75, 3.05) is 13.1 Å². The van der Waals surface area contributed by atoms with E-state index in [1.165, 1.54) is 0 Å². The Balaban J connectivity index is 1.33.